The first kappa shape index (κ1) is 13.2. The molecular weight excluding hydrogens is 196 g/mol. The van der Waals surface area contributed by atoms with E-state index >= 15 is 0 Å². The second kappa shape index (κ2) is 6.66. The molecule has 0 saturated heterocycles. The van der Waals surface area contributed by atoms with Crippen molar-refractivity contribution in [3.63, 3.8) is 0 Å². The zero-order valence-corrected chi connectivity index (χ0v) is 10.4. The highest BCUT2D eigenvalue weighted by Crippen LogP contribution is 2.23. The monoisotopic (exact) mass is 220 g/mol. The minimum atomic E-state index is 0.386. The molecule has 1 atom stereocenters. The van der Waals surface area contributed by atoms with Gasteiger partial charge >= 0.3 is 0 Å². The van der Waals surface area contributed by atoms with E-state index in [1.165, 1.54) is 17.5 Å². The molecule has 0 aliphatic carbocycles. The zero-order valence-electron chi connectivity index (χ0n) is 10.4. The Labute approximate surface area is 99.0 Å². The van der Waals surface area contributed by atoms with Crippen molar-refractivity contribution in [3.8, 4) is 0 Å². The molecule has 0 aromatic heterocycles. The van der Waals surface area contributed by atoms with Gasteiger partial charge in [-0.1, -0.05) is 44.5 Å². The maximum Gasteiger partial charge on any atom is -0.00310 e. The summed E-state index contributed by atoms with van der Waals surface area (Å²) < 4.78 is 0. The summed E-state index contributed by atoms with van der Waals surface area (Å²) in [5, 5.41) is 0. The van der Waals surface area contributed by atoms with Crippen molar-refractivity contribution in [1.82, 2.24) is 0 Å². The van der Waals surface area contributed by atoms with Gasteiger partial charge in [0.05, 0.1) is 0 Å². The van der Waals surface area contributed by atoms with Gasteiger partial charge in [-0.15, -0.1) is 0 Å². The summed E-state index contributed by atoms with van der Waals surface area (Å²) in [6.45, 7) is 5.73. The van der Waals surface area contributed by atoms with Crippen molar-refractivity contribution < 1.29 is 0 Å². The van der Waals surface area contributed by atoms with E-state index in [9.17, 15) is 0 Å². The van der Waals surface area contributed by atoms with E-state index in [1.54, 1.807) is 0 Å². The van der Waals surface area contributed by atoms with E-state index in [-0.39, 0.29) is 0 Å². The van der Waals surface area contributed by atoms with Crippen LogP contribution in [-0.2, 0) is 6.42 Å². The predicted molar refractivity (Wildman–Crippen MR) is 70.5 cm³/mol. The Morgan fingerprint density at radius 3 is 2.06 bits per heavy atom. The van der Waals surface area contributed by atoms with Gasteiger partial charge in [0.25, 0.3) is 0 Å². The van der Waals surface area contributed by atoms with Crippen LogP contribution in [0.2, 0.25) is 0 Å². The normalized spacial score (nSPS) is 13.1. The molecule has 1 rings (SSSR count). The van der Waals surface area contributed by atoms with Gasteiger partial charge in [0.2, 0.25) is 0 Å². The Morgan fingerprint density at radius 1 is 1.06 bits per heavy atom. The molecule has 0 saturated carbocycles. The van der Waals surface area contributed by atoms with Crippen LogP contribution in [0.25, 0.3) is 0 Å². The summed E-state index contributed by atoms with van der Waals surface area (Å²) >= 11 is 0. The first-order valence-corrected chi connectivity index (χ1v) is 6.21. The number of rotatable bonds is 6. The lowest BCUT2D eigenvalue weighted by Gasteiger charge is -2.21. The molecule has 16 heavy (non-hydrogen) atoms. The fourth-order valence-corrected chi connectivity index (χ4v) is 2.05. The van der Waals surface area contributed by atoms with Crippen molar-refractivity contribution in [2.45, 2.75) is 32.6 Å². The largest absolute Gasteiger partial charge is 0.330 e. The maximum atomic E-state index is 5.72. The molecule has 90 valence electrons. The Morgan fingerprint density at radius 2 is 1.62 bits per heavy atom. The van der Waals surface area contributed by atoms with Crippen LogP contribution in [0.5, 0.6) is 0 Å². The number of nitrogens with two attached hydrogens (primary N) is 2. The summed E-state index contributed by atoms with van der Waals surface area (Å²) in [7, 11) is 0. The van der Waals surface area contributed by atoms with Crippen LogP contribution in [0.15, 0.2) is 24.3 Å². The molecule has 1 aromatic carbocycles. The first-order chi connectivity index (χ1) is 7.72. The van der Waals surface area contributed by atoms with Gasteiger partial charge in [0.15, 0.2) is 0 Å². The second-order valence-electron chi connectivity index (χ2n) is 4.51. The van der Waals surface area contributed by atoms with Crippen LogP contribution in [0.3, 0.4) is 0 Å². The molecule has 1 unspecified atom stereocenters. The average Bonchev–Trinajstić information content (AvgIpc) is 2.32. The van der Waals surface area contributed by atoms with E-state index in [2.05, 4.69) is 38.1 Å². The first-order valence-electron chi connectivity index (χ1n) is 6.21. The Balaban J connectivity index is 2.72. The van der Waals surface area contributed by atoms with Gasteiger partial charge in [-0.2, -0.15) is 0 Å². The third-order valence-corrected chi connectivity index (χ3v) is 3.36. The Hall–Kier alpha value is -0.860. The molecule has 4 N–H and O–H groups in total. The third-order valence-electron chi connectivity index (χ3n) is 3.36. The van der Waals surface area contributed by atoms with Crippen molar-refractivity contribution in [2.75, 3.05) is 13.1 Å². The van der Waals surface area contributed by atoms with Crippen LogP contribution in [0.1, 0.15) is 37.3 Å². The summed E-state index contributed by atoms with van der Waals surface area (Å²) in [6.07, 6.45) is 2.36. The molecule has 0 radical (unpaired) electrons. The highest BCUT2D eigenvalue weighted by molar-refractivity contribution is 5.25. The lowest BCUT2D eigenvalue weighted by Crippen LogP contribution is -2.27. The van der Waals surface area contributed by atoms with Crippen LogP contribution >= 0.6 is 0 Å². The van der Waals surface area contributed by atoms with Crippen molar-refractivity contribution in [1.29, 1.82) is 0 Å². The lowest BCUT2D eigenvalue weighted by atomic mass is 9.87. The number of aryl methyl sites for hydroxylation is 1. The van der Waals surface area contributed by atoms with Gasteiger partial charge in [0.1, 0.15) is 0 Å². The molecular formula is C14H24N2. The second-order valence-corrected chi connectivity index (χ2v) is 4.51. The van der Waals surface area contributed by atoms with Crippen molar-refractivity contribution in [2.24, 2.45) is 17.4 Å². The molecule has 0 spiro atoms. The van der Waals surface area contributed by atoms with E-state index in [0.29, 0.717) is 24.9 Å². The minimum Gasteiger partial charge on any atom is -0.330 e. The quantitative estimate of drug-likeness (QED) is 0.772. The molecule has 0 aliphatic rings. The fraction of sp³-hybridized carbons (Fsp3) is 0.571. The molecule has 2 heteroatoms. The highest BCUT2D eigenvalue weighted by atomic mass is 14.6. The smallest absolute Gasteiger partial charge is 0.00310 e. The SMILES string of the molecule is CCCc1ccc(C(C)C(CN)CN)cc1. The number of benzene rings is 1. The average molecular weight is 220 g/mol. The molecule has 1 aromatic rings. The summed E-state index contributed by atoms with van der Waals surface area (Å²) in [4.78, 5) is 0. The maximum absolute atomic E-state index is 5.72. The fourth-order valence-electron chi connectivity index (χ4n) is 2.05. The van der Waals surface area contributed by atoms with Crippen LogP contribution in [0.4, 0.5) is 0 Å². The summed E-state index contributed by atoms with van der Waals surface area (Å²) in [5.41, 5.74) is 14.2. The van der Waals surface area contributed by atoms with Crippen LogP contribution in [0, 0.1) is 5.92 Å². The van der Waals surface area contributed by atoms with Crippen LogP contribution in [-0.4, -0.2) is 13.1 Å². The molecule has 0 amide bonds. The van der Waals surface area contributed by atoms with Gasteiger partial charge in [-0.25, -0.2) is 0 Å². The van der Waals surface area contributed by atoms with Crippen LogP contribution < -0.4 is 11.5 Å². The van der Waals surface area contributed by atoms with E-state index in [1.807, 2.05) is 0 Å². The molecule has 2 nitrogen and oxygen atoms in total. The molecule has 0 bridgehead atoms. The lowest BCUT2D eigenvalue weighted by molar-refractivity contribution is 0.466. The highest BCUT2D eigenvalue weighted by Gasteiger charge is 2.15. The van der Waals surface area contributed by atoms with Crippen molar-refractivity contribution >= 4 is 0 Å². The number of hydrogen-bond acceptors (Lipinski definition) is 2. The third kappa shape index (κ3) is 3.32. The van der Waals surface area contributed by atoms with Gasteiger partial charge in [0, 0.05) is 0 Å². The van der Waals surface area contributed by atoms with Gasteiger partial charge < -0.3 is 11.5 Å². The zero-order chi connectivity index (χ0) is 12.0. The minimum absolute atomic E-state index is 0.386. The Kier molecular flexibility index (Phi) is 5.50. The van der Waals surface area contributed by atoms with E-state index in [0.717, 1.165) is 6.42 Å². The topological polar surface area (TPSA) is 52.0 Å². The predicted octanol–water partition coefficient (Wildman–Crippen LogP) is 2.28. The standard InChI is InChI=1S/C14H24N2/c1-3-4-12-5-7-13(8-6-12)11(2)14(9-15)10-16/h5-8,11,14H,3-4,9-10,15-16H2,1-2H3. The van der Waals surface area contributed by atoms with Gasteiger partial charge in [-0.05, 0) is 42.5 Å². The Bertz CT molecular complexity index is 288. The molecule has 0 aliphatic heterocycles. The van der Waals surface area contributed by atoms with Crippen molar-refractivity contribution in [3.05, 3.63) is 35.4 Å². The van der Waals surface area contributed by atoms with E-state index in [4.69, 9.17) is 11.5 Å². The molecule has 0 fully saturated rings. The van der Waals surface area contributed by atoms with Gasteiger partial charge in [-0.3, -0.25) is 0 Å². The summed E-state index contributed by atoms with van der Waals surface area (Å²) in [5.74, 6) is 0.836. The molecule has 0 heterocycles. The summed E-state index contributed by atoms with van der Waals surface area (Å²) in [6, 6.07) is 8.88. The van der Waals surface area contributed by atoms with E-state index < -0.39 is 0 Å². The number of hydrogen-bond donors (Lipinski definition) is 2.